The number of β-amino-alcohol motifs (C(OH)–C–C–N with tert-alkyl or cyclic N) is 1. The fraction of sp³-hybridized carbons (Fsp3) is 0.533. The van der Waals surface area contributed by atoms with Crippen LogP contribution in [0.15, 0.2) is 27.7 Å². The maximum absolute atomic E-state index is 9.65. The summed E-state index contributed by atoms with van der Waals surface area (Å²) in [5.41, 5.74) is 2.46. The van der Waals surface area contributed by atoms with Gasteiger partial charge in [0.1, 0.15) is 0 Å². The molecular weight excluding hydrogens is 318 g/mol. The lowest BCUT2D eigenvalue weighted by molar-refractivity contribution is 0.188. The van der Waals surface area contributed by atoms with Gasteiger partial charge in [0.25, 0.3) is 0 Å². The molecule has 2 N–H and O–H groups in total. The first-order valence-corrected chi connectivity index (χ1v) is 7.85. The first-order chi connectivity index (χ1) is 9.60. The van der Waals surface area contributed by atoms with Crippen molar-refractivity contribution in [2.24, 2.45) is 4.99 Å². The van der Waals surface area contributed by atoms with Crippen molar-refractivity contribution in [3.8, 4) is 0 Å². The summed E-state index contributed by atoms with van der Waals surface area (Å²) in [7, 11) is 0. The van der Waals surface area contributed by atoms with Crippen molar-refractivity contribution >= 4 is 21.9 Å². The second-order valence-corrected chi connectivity index (χ2v) is 6.05. The van der Waals surface area contributed by atoms with Crippen LogP contribution in [-0.4, -0.2) is 41.7 Å². The first-order valence-electron chi connectivity index (χ1n) is 7.06. The number of likely N-dealkylation sites (tertiary alicyclic amines) is 1. The Morgan fingerprint density at radius 2 is 2.35 bits per heavy atom. The van der Waals surface area contributed by atoms with E-state index in [1.54, 1.807) is 0 Å². The average molecular weight is 340 g/mol. The molecule has 0 aromatic heterocycles. The summed E-state index contributed by atoms with van der Waals surface area (Å²) in [5.74, 6) is 0.895. The molecule has 0 radical (unpaired) electrons. The third kappa shape index (κ3) is 3.96. The molecule has 1 heterocycles. The molecule has 1 saturated heterocycles. The zero-order valence-electron chi connectivity index (χ0n) is 12.1. The Bertz CT molecular complexity index is 490. The lowest BCUT2D eigenvalue weighted by atomic mass is 10.1. The monoisotopic (exact) mass is 339 g/mol. The molecule has 1 aliphatic heterocycles. The number of hydrogen-bond acceptors (Lipinski definition) is 2. The van der Waals surface area contributed by atoms with Gasteiger partial charge in [0, 0.05) is 24.1 Å². The van der Waals surface area contributed by atoms with E-state index < -0.39 is 0 Å². The highest BCUT2D eigenvalue weighted by Crippen LogP contribution is 2.17. The van der Waals surface area contributed by atoms with Gasteiger partial charge in [0.15, 0.2) is 5.96 Å². The van der Waals surface area contributed by atoms with Gasteiger partial charge in [0.2, 0.25) is 0 Å². The van der Waals surface area contributed by atoms with E-state index in [1.807, 2.05) is 6.07 Å². The van der Waals surface area contributed by atoms with Gasteiger partial charge in [-0.2, -0.15) is 0 Å². The summed E-state index contributed by atoms with van der Waals surface area (Å²) >= 11 is 3.48. The minimum Gasteiger partial charge on any atom is -0.391 e. The van der Waals surface area contributed by atoms with Crippen LogP contribution in [0.5, 0.6) is 0 Å². The third-order valence-corrected chi connectivity index (χ3v) is 3.99. The summed E-state index contributed by atoms with van der Waals surface area (Å²) in [4.78, 5) is 6.82. The molecular formula is C15H22BrN3O. The Morgan fingerprint density at radius 1 is 1.55 bits per heavy atom. The molecule has 110 valence electrons. The fourth-order valence-corrected chi connectivity index (χ4v) is 2.83. The standard InChI is InChI=1S/C15H22BrN3O/c1-3-17-15(19-7-6-14(20)10-19)18-9-12-4-5-13(16)8-11(12)2/h4-5,8,14,20H,3,6-7,9-10H2,1-2H3,(H,17,18)/t14-/m1/s1. The number of hydrogen-bond donors (Lipinski definition) is 2. The number of aryl methyl sites for hydroxylation is 1. The zero-order valence-corrected chi connectivity index (χ0v) is 13.7. The van der Waals surface area contributed by atoms with Gasteiger partial charge in [-0.15, -0.1) is 0 Å². The van der Waals surface area contributed by atoms with Gasteiger partial charge >= 0.3 is 0 Å². The number of aliphatic hydroxyl groups is 1. The van der Waals surface area contributed by atoms with Crippen molar-refractivity contribution in [3.05, 3.63) is 33.8 Å². The van der Waals surface area contributed by atoms with Crippen LogP contribution in [0.2, 0.25) is 0 Å². The second kappa shape index (κ2) is 7.09. The largest absolute Gasteiger partial charge is 0.391 e. The summed E-state index contributed by atoms with van der Waals surface area (Å²) in [6.45, 7) is 7.20. The maximum atomic E-state index is 9.65. The number of nitrogens with one attached hydrogen (secondary N) is 1. The molecule has 1 aliphatic rings. The quantitative estimate of drug-likeness (QED) is 0.656. The van der Waals surface area contributed by atoms with Crippen LogP contribution in [0.1, 0.15) is 24.5 Å². The van der Waals surface area contributed by atoms with E-state index >= 15 is 0 Å². The van der Waals surface area contributed by atoms with Gasteiger partial charge < -0.3 is 15.3 Å². The van der Waals surface area contributed by atoms with Gasteiger partial charge in [0.05, 0.1) is 12.6 Å². The molecule has 0 saturated carbocycles. The molecule has 1 aromatic carbocycles. The van der Waals surface area contributed by atoms with Crippen molar-refractivity contribution in [1.29, 1.82) is 0 Å². The van der Waals surface area contributed by atoms with E-state index in [0.29, 0.717) is 13.1 Å². The van der Waals surface area contributed by atoms with E-state index in [1.165, 1.54) is 11.1 Å². The van der Waals surface area contributed by atoms with Crippen LogP contribution in [0.4, 0.5) is 0 Å². The lowest BCUT2D eigenvalue weighted by Gasteiger charge is -2.21. The molecule has 2 rings (SSSR count). The number of halogens is 1. The lowest BCUT2D eigenvalue weighted by Crippen LogP contribution is -2.40. The van der Waals surface area contributed by atoms with Crippen molar-refractivity contribution in [3.63, 3.8) is 0 Å². The highest BCUT2D eigenvalue weighted by atomic mass is 79.9. The Labute approximate surface area is 129 Å². The number of rotatable bonds is 3. The van der Waals surface area contributed by atoms with E-state index in [4.69, 9.17) is 4.99 Å². The molecule has 0 aliphatic carbocycles. The van der Waals surface area contributed by atoms with Crippen LogP contribution in [0.25, 0.3) is 0 Å². The Hall–Kier alpha value is -1.07. The van der Waals surface area contributed by atoms with E-state index in [-0.39, 0.29) is 6.10 Å². The fourth-order valence-electron chi connectivity index (χ4n) is 2.36. The van der Waals surface area contributed by atoms with E-state index in [0.717, 1.165) is 29.9 Å². The normalized spacial score (nSPS) is 19.5. The van der Waals surface area contributed by atoms with Crippen LogP contribution in [0, 0.1) is 6.92 Å². The average Bonchev–Trinajstić information content (AvgIpc) is 2.83. The molecule has 5 heteroatoms. The van der Waals surface area contributed by atoms with Crippen LogP contribution >= 0.6 is 15.9 Å². The van der Waals surface area contributed by atoms with Crippen LogP contribution < -0.4 is 5.32 Å². The third-order valence-electron chi connectivity index (χ3n) is 3.50. The van der Waals surface area contributed by atoms with Crippen molar-refractivity contribution < 1.29 is 5.11 Å². The molecule has 0 unspecified atom stereocenters. The van der Waals surface area contributed by atoms with Gasteiger partial charge in [-0.25, -0.2) is 4.99 Å². The predicted octanol–water partition coefficient (Wildman–Crippen LogP) is 2.29. The molecule has 1 fully saturated rings. The van der Waals surface area contributed by atoms with Gasteiger partial charge in [-0.3, -0.25) is 0 Å². The van der Waals surface area contributed by atoms with Crippen LogP contribution in [0.3, 0.4) is 0 Å². The van der Waals surface area contributed by atoms with Gasteiger partial charge in [-0.05, 0) is 43.5 Å². The summed E-state index contributed by atoms with van der Waals surface area (Å²) in [6, 6.07) is 6.26. The van der Waals surface area contributed by atoms with Gasteiger partial charge in [-0.1, -0.05) is 22.0 Å². The van der Waals surface area contributed by atoms with Crippen LogP contribution in [-0.2, 0) is 6.54 Å². The zero-order chi connectivity index (χ0) is 14.5. The van der Waals surface area contributed by atoms with Crippen molar-refractivity contribution in [2.75, 3.05) is 19.6 Å². The van der Waals surface area contributed by atoms with Crippen molar-refractivity contribution in [1.82, 2.24) is 10.2 Å². The number of nitrogens with zero attached hydrogens (tertiary/aromatic N) is 2. The topological polar surface area (TPSA) is 47.9 Å². The minimum absolute atomic E-state index is 0.228. The smallest absolute Gasteiger partial charge is 0.194 e. The first kappa shape index (κ1) is 15.3. The summed E-state index contributed by atoms with van der Waals surface area (Å²) in [5, 5.41) is 12.9. The van der Waals surface area contributed by atoms with E-state index in [9.17, 15) is 5.11 Å². The second-order valence-electron chi connectivity index (χ2n) is 5.13. The molecule has 0 amide bonds. The summed E-state index contributed by atoms with van der Waals surface area (Å²) < 4.78 is 1.09. The maximum Gasteiger partial charge on any atom is 0.194 e. The summed E-state index contributed by atoms with van der Waals surface area (Å²) in [6.07, 6.45) is 0.593. The molecule has 0 bridgehead atoms. The number of aliphatic imine (C=N–C) groups is 1. The Balaban J connectivity index is 2.08. The molecule has 0 spiro atoms. The predicted molar refractivity (Wildman–Crippen MR) is 85.9 cm³/mol. The SMILES string of the molecule is CCNC(=NCc1ccc(Br)cc1C)N1CC[C@@H](O)C1. The molecule has 1 atom stereocenters. The number of aliphatic hydroxyl groups excluding tert-OH is 1. The molecule has 4 nitrogen and oxygen atoms in total. The highest BCUT2D eigenvalue weighted by molar-refractivity contribution is 9.10. The Morgan fingerprint density at radius 3 is 2.95 bits per heavy atom. The number of guanidine groups is 1. The number of benzene rings is 1. The molecule has 1 aromatic rings. The highest BCUT2D eigenvalue weighted by Gasteiger charge is 2.22. The molecule has 20 heavy (non-hydrogen) atoms. The minimum atomic E-state index is -0.228. The Kier molecular flexibility index (Phi) is 5.43. The van der Waals surface area contributed by atoms with Crippen molar-refractivity contribution in [2.45, 2.75) is 32.9 Å². The van der Waals surface area contributed by atoms with E-state index in [2.05, 4.69) is 52.1 Å².